The first-order valence-corrected chi connectivity index (χ1v) is 5.77. The van der Waals surface area contributed by atoms with E-state index < -0.39 is 0 Å². The molecule has 0 N–H and O–H groups in total. The topological polar surface area (TPSA) is 17.1 Å². The number of hydrogen-bond donors (Lipinski definition) is 0. The van der Waals surface area contributed by atoms with Gasteiger partial charge in [0.1, 0.15) is 6.29 Å². The van der Waals surface area contributed by atoms with Crippen LogP contribution in [-0.2, 0) is 4.79 Å². The van der Waals surface area contributed by atoms with Crippen LogP contribution >= 0.6 is 0 Å². The lowest BCUT2D eigenvalue weighted by atomic mass is 9.68. The second kappa shape index (κ2) is 3.43. The van der Waals surface area contributed by atoms with E-state index in [0.29, 0.717) is 0 Å². The third-order valence-electron chi connectivity index (χ3n) is 4.24. The minimum Gasteiger partial charge on any atom is -0.303 e. The van der Waals surface area contributed by atoms with E-state index >= 15 is 0 Å². The second-order valence-electron chi connectivity index (χ2n) is 4.98. The van der Waals surface area contributed by atoms with Crippen LogP contribution in [0.5, 0.6) is 0 Å². The third kappa shape index (κ3) is 1.66. The molecular weight excluding hydrogens is 160 g/mol. The van der Waals surface area contributed by atoms with Crippen LogP contribution in [0, 0.1) is 17.3 Å². The summed E-state index contributed by atoms with van der Waals surface area (Å²) in [6.07, 6.45) is 10.2. The highest BCUT2D eigenvalue weighted by atomic mass is 16.1. The van der Waals surface area contributed by atoms with E-state index in [0.717, 1.165) is 11.8 Å². The van der Waals surface area contributed by atoms with Crippen molar-refractivity contribution in [3.63, 3.8) is 0 Å². The van der Waals surface area contributed by atoms with Gasteiger partial charge in [-0.3, -0.25) is 0 Å². The Morgan fingerprint density at radius 2 is 1.85 bits per heavy atom. The van der Waals surface area contributed by atoms with Crippen molar-refractivity contribution < 1.29 is 4.79 Å². The Balaban J connectivity index is 1.96. The molecule has 0 spiro atoms. The highest BCUT2D eigenvalue weighted by molar-refractivity contribution is 5.61. The van der Waals surface area contributed by atoms with Gasteiger partial charge in [-0.15, -0.1) is 0 Å². The number of aldehydes is 1. The van der Waals surface area contributed by atoms with Crippen LogP contribution in [0.4, 0.5) is 0 Å². The van der Waals surface area contributed by atoms with Gasteiger partial charge < -0.3 is 4.79 Å². The molecule has 2 aliphatic rings. The van der Waals surface area contributed by atoms with Crippen molar-refractivity contribution in [3.8, 4) is 0 Å². The van der Waals surface area contributed by atoms with Gasteiger partial charge in [0.2, 0.25) is 0 Å². The highest BCUT2D eigenvalue weighted by Crippen LogP contribution is 2.53. The fraction of sp³-hybridized carbons (Fsp3) is 0.917. The van der Waals surface area contributed by atoms with E-state index in [1.807, 2.05) is 0 Å². The smallest absolute Gasteiger partial charge is 0.126 e. The van der Waals surface area contributed by atoms with Crippen molar-refractivity contribution >= 4 is 6.29 Å². The molecule has 0 aromatic carbocycles. The summed E-state index contributed by atoms with van der Waals surface area (Å²) in [7, 11) is 0. The van der Waals surface area contributed by atoms with E-state index in [1.165, 1.54) is 51.2 Å². The maximum Gasteiger partial charge on any atom is 0.126 e. The van der Waals surface area contributed by atoms with Crippen molar-refractivity contribution in [2.45, 2.75) is 51.9 Å². The lowest BCUT2D eigenvalue weighted by molar-refractivity contribution is -0.119. The maximum atomic E-state index is 11.2. The quantitative estimate of drug-likeness (QED) is 0.610. The molecule has 2 rings (SSSR count). The molecule has 1 nitrogen and oxygen atoms in total. The van der Waals surface area contributed by atoms with Gasteiger partial charge in [-0.25, -0.2) is 0 Å². The largest absolute Gasteiger partial charge is 0.303 e. The lowest BCUT2D eigenvalue weighted by Crippen LogP contribution is -2.30. The molecular formula is C12H20O. The van der Waals surface area contributed by atoms with Crippen molar-refractivity contribution in [1.82, 2.24) is 0 Å². The Labute approximate surface area is 80.9 Å². The van der Waals surface area contributed by atoms with Gasteiger partial charge in [-0.05, 0) is 50.4 Å². The average molecular weight is 180 g/mol. The van der Waals surface area contributed by atoms with E-state index in [4.69, 9.17) is 0 Å². The van der Waals surface area contributed by atoms with Crippen LogP contribution in [0.1, 0.15) is 51.9 Å². The molecule has 0 amide bonds. The Bertz CT molecular complexity index is 185. The summed E-state index contributed by atoms with van der Waals surface area (Å²) in [6.45, 7) is 2.27. The predicted molar refractivity (Wildman–Crippen MR) is 53.5 cm³/mol. The van der Waals surface area contributed by atoms with Crippen molar-refractivity contribution in [2.75, 3.05) is 0 Å². The zero-order valence-electron chi connectivity index (χ0n) is 8.59. The first-order valence-electron chi connectivity index (χ1n) is 5.77. The fourth-order valence-corrected chi connectivity index (χ4v) is 2.90. The lowest BCUT2D eigenvalue weighted by Gasteiger charge is -2.36. The zero-order valence-corrected chi connectivity index (χ0v) is 8.59. The van der Waals surface area contributed by atoms with Crippen molar-refractivity contribution in [1.29, 1.82) is 0 Å². The summed E-state index contributed by atoms with van der Waals surface area (Å²) in [4.78, 5) is 11.2. The van der Waals surface area contributed by atoms with Gasteiger partial charge in [0.25, 0.3) is 0 Å². The highest BCUT2D eigenvalue weighted by Gasteiger charge is 2.46. The average Bonchev–Trinajstić information content (AvgIpc) is 3.02. The van der Waals surface area contributed by atoms with Crippen molar-refractivity contribution in [3.05, 3.63) is 0 Å². The molecule has 2 fully saturated rings. The molecule has 2 saturated carbocycles. The summed E-state index contributed by atoms with van der Waals surface area (Å²) in [5.74, 6) is 1.68. The molecule has 0 aromatic heterocycles. The molecule has 0 unspecified atom stereocenters. The monoisotopic (exact) mass is 180 g/mol. The first kappa shape index (κ1) is 9.23. The molecule has 0 radical (unpaired) electrons. The minimum absolute atomic E-state index is 0.131. The Hall–Kier alpha value is -0.330. The summed E-state index contributed by atoms with van der Waals surface area (Å²) in [5, 5.41) is 0. The number of carbonyl (C=O) groups excluding carboxylic acids is 1. The second-order valence-corrected chi connectivity index (χ2v) is 4.98. The number of hydrogen-bond acceptors (Lipinski definition) is 1. The van der Waals surface area contributed by atoms with Crippen molar-refractivity contribution in [2.24, 2.45) is 17.3 Å². The van der Waals surface area contributed by atoms with Crippen LogP contribution in [0.2, 0.25) is 0 Å². The van der Waals surface area contributed by atoms with E-state index in [9.17, 15) is 4.79 Å². The molecule has 0 atom stereocenters. The molecule has 0 aliphatic heterocycles. The van der Waals surface area contributed by atoms with E-state index in [-0.39, 0.29) is 5.41 Å². The Morgan fingerprint density at radius 1 is 1.23 bits per heavy atom. The van der Waals surface area contributed by atoms with Crippen LogP contribution in [-0.4, -0.2) is 6.29 Å². The molecule has 1 heteroatoms. The maximum absolute atomic E-state index is 11.2. The summed E-state index contributed by atoms with van der Waals surface area (Å²) >= 11 is 0. The van der Waals surface area contributed by atoms with Gasteiger partial charge in [0.05, 0.1) is 0 Å². The van der Waals surface area contributed by atoms with Gasteiger partial charge in [0.15, 0.2) is 0 Å². The molecule has 0 aromatic rings. The molecule has 0 bridgehead atoms. The number of carbonyl (C=O) groups is 1. The van der Waals surface area contributed by atoms with Gasteiger partial charge >= 0.3 is 0 Å². The first-order chi connectivity index (χ1) is 6.30. The normalized spacial score (nSPS) is 40.2. The molecule has 0 heterocycles. The molecule has 0 saturated heterocycles. The molecule has 13 heavy (non-hydrogen) atoms. The standard InChI is InChI=1S/C12H20O/c1-2-10-5-7-12(9-13,8-6-10)11-3-4-11/h9-11H,2-8H2,1H3. The zero-order chi connectivity index (χ0) is 9.31. The van der Waals surface area contributed by atoms with Crippen LogP contribution in [0.25, 0.3) is 0 Å². The fourth-order valence-electron chi connectivity index (χ4n) is 2.90. The van der Waals surface area contributed by atoms with Gasteiger partial charge in [-0.2, -0.15) is 0 Å². The third-order valence-corrected chi connectivity index (χ3v) is 4.24. The van der Waals surface area contributed by atoms with Crippen LogP contribution < -0.4 is 0 Å². The SMILES string of the molecule is CCC1CCC(C=O)(C2CC2)CC1. The van der Waals surface area contributed by atoms with Crippen LogP contribution in [0.15, 0.2) is 0 Å². The van der Waals surface area contributed by atoms with Crippen LogP contribution in [0.3, 0.4) is 0 Å². The molecule has 74 valence electrons. The predicted octanol–water partition coefficient (Wildman–Crippen LogP) is 3.18. The summed E-state index contributed by atoms with van der Waals surface area (Å²) in [6, 6.07) is 0. The summed E-state index contributed by atoms with van der Waals surface area (Å²) in [5.41, 5.74) is 0.131. The minimum atomic E-state index is 0.131. The van der Waals surface area contributed by atoms with E-state index in [2.05, 4.69) is 6.92 Å². The Kier molecular flexibility index (Phi) is 2.44. The van der Waals surface area contributed by atoms with Gasteiger partial charge in [-0.1, -0.05) is 13.3 Å². The summed E-state index contributed by atoms with van der Waals surface area (Å²) < 4.78 is 0. The Morgan fingerprint density at radius 3 is 2.23 bits per heavy atom. The number of rotatable bonds is 3. The molecule has 2 aliphatic carbocycles. The van der Waals surface area contributed by atoms with E-state index in [1.54, 1.807) is 0 Å². The van der Waals surface area contributed by atoms with Gasteiger partial charge in [0, 0.05) is 5.41 Å².